The monoisotopic (exact) mass is 415 g/mol. The second-order valence-electron chi connectivity index (χ2n) is 6.91. The Kier molecular flexibility index (Phi) is 5.18. The molecule has 1 N–H and O–H groups in total. The van der Waals surface area contributed by atoms with Gasteiger partial charge in [-0.3, -0.25) is 4.79 Å². The Labute approximate surface area is 168 Å². The van der Waals surface area contributed by atoms with E-state index in [0.717, 1.165) is 39.9 Å². The van der Waals surface area contributed by atoms with Crippen LogP contribution in [-0.2, 0) is 14.8 Å². The Bertz CT molecular complexity index is 1090. The number of thiazole rings is 1. The molecule has 2 heterocycles. The number of carbonyl (C=O) groups is 1. The minimum atomic E-state index is -3.43. The number of fused-ring (bicyclic) bond motifs is 1. The Balaban J connectivity index is 1.64. The van der Waals surface area contributed by atoms with Crippen LogP contribution in [0.2, 0.25) is 0 Å². The molecule has 0 unspecified atom stereocenters. The number of benzene rings is 2. The van der Waals surface area contributed by atoms with Crippen molar-refractivity contribution in [1.29, 1.82) is 0 Å². The van der Waals surface area contributed by atoms with Crippen molar-refractivity contribution < 1.29 is 13.2 Å². The number of sulfonamides is 1. The highest BCUT2D eigenvalue weighted by atomic mass is 32.2. The number of carbonyl (C=O) groups excluding carboxylic acids is 1. The molecule has 3 aromatic rings. The summed E-state index contributed by atoms with van der Waals surface area (Å²) in [6.07, 6.45) is 3.30. The van der Waals surface area contributed by atoms with E-state index in [1.165, 1.54) is 4.31 Å². The molecule has 0 radical (unpaired) electrons. The third-order valence-corrected chi connectivity index (χ3v) is 7.25. The molecular formula is C20H21N3O3S2. The molecule has 146 valence electrons. The first-order chi connectivity index (χ1) is 13.4. The number of amides is 1. The highest BCUT2D eigenvalue weighted by Crippen LogP contribution is 2.34. The molecule has 28 heavy (non-hydrogen) atoms. The van der Waals surface area contributed by atoms with Crippen LogP contribution in [0.15, 0.2) is 48.5 Å². The van der Waals surface area contributed by atoms with Gasteiger partial charge in [-0.05, 0) is 37.1 Å². The SMILES string of the molecule is CS(=O)(=O)N1CCCC[C@H]1C(=O)Nc1ccccc1-c1nc2ccccc2s1. The van der Waals surface area contributed by atoms with Crippen LogP contribution in [0.3, 0.4) is 0 Å². The first kappa shape index (κ1) is 19.0. The van der Waals surface area contributed by atoms with Crippen LogP contribution in [0.25, 0.3) is 20.8 Å². The average Bonchev–Trinajstić information content (AvgIpc) is 3.12. The van der Waals surface area contributed by atoms with Gasteiger partial charge in [0.25, 0.3) is 0 Å². The summed E-state index contributed by atoms with van der Waals surface area (Å²) >= 11 is 1.56. The number of rotatable bonds is 4. The maximum atomic E-state index is 12.9. The molecule has 8 heteroatoms. The maximum absolute atomic E-state index is 12.9. The normalized spacial score (nSPS) is 18.2. The van der Waals surface area contributed by atoms with E-state index in [2.05, 4.69) is 10.3 Å². The van der Waals surface area contributed by atoms with Crippen LogP contribution < -0.4 is 5.32 Å². The van der Waals surface area contributed by atoms with Crippen molar-refractivity contribution in [3.8, 4) is 10.6 Å². The number of nitrogens with zero attached hydrogens (tertiary/aromatic N) is 2. The van der Waals surface area contributed by atoms with E-state index in [1.54, 1.807) is 11.3 Å². The van der Waals surface area contributed by atoms with Crippen LogP contribution in [-0.4, -0.2) is 42.5 Å². The van der Waals surface area contributed by atoms with Crippen LogP contribution in [0.4, 0.5) is 5.69 Å². The van der Waals surface area contributed by atoms with Gasteiger partial charge in [0.05, 0.1) is 22.2 Å². The third kappa shape index (κ3) is 3.80. The Morgan fingerprint density at radius 1 is 1.14 bits per heavy atom. The van der Waals surface area contributed by atoms with Gasteiger partial charge in [-0.1, -0.05) is 30.7 Å². The van der Waals surface area contributed by atoms with E-state index in [0.29, 0.717) is 18.7 Å². The molecule has 0 aliphatic carbocycles. The third-order valence-electron chi connectivity index (χ3n) is 4.89. The topological polar surface area (TPSA) is 79.4 Å². The van der Waals surface area contributed by atoms with Crippen molar-refractivity contribution in [3.05, 3.63) is 48.5 Å². The van der Waals surface area contributed by atoms with Crippen molar-refractivity contribution >= 4 is 43.2 Å². The molecule has 4 rings (SSSR count). The summed E-state index contributed by atoms with van der Waals surface area (Å²) in [5, 5.41) is 3.77. The maximum Gasteiger partial charge on any atom is 0.242 e. The highest BCUT2D eigenvalue weighted by molar-refractivity contribution is 7.88. The van der Waals surface area contributed by atoms with Gasteiger partial charge in [0, 0.05) is 12.1 Å². The summed E-state index contributed by atoms with van der Waals surface area (Å²) in [7, 11) is -3.43. The number of anilines is 1. The lowest BCUT2D eigenvalue weighted by atomic mass is 10.0. The van der Waals surface area contributed by atoms with E-state index in [9.17, 15) is 13.2 Å². The Hall–Kier alpha value is -2.29. The number of aromatic nitrogens is 1. The molecule has 1 atom stereocenters. The molecule has 6 nitrogen and oxygen atoms in total. The summed E-state index contributed by atoms with van der Waals surface area (Å²) < 4.78 is 26.5. The van der Waals surface area contributed by atoms with Gasteiger partial charge in [0.1, 0.15) is 11.0 Å². The lowest BCUT2D eigenvalue weighted by Gasteiger charge is -2.32. The molecule has 0 bridgehead atoms. The van der Waals surface area contributed by atoms with Gasteiger partial charge in [-0.25, -0.2) is 13.4 Å². The van der Waals surface area contributed by atoms with E-state index in [4.69, 9.17) is 0 Å². The predicted octanol–water partition coefficient (Wildman–Crippen LogP) is 3.72. The second-order valence-corrected chi connectivity index (χ2v) is 9.87. The van der Waals surface area contributed by atoms with Gasteiger partial charge in [0.2, 0.25) is 15.9 Å². The molecule has 1 aliphatic rings. The van der Waals surface area contributed by atoms with Crippen molar-refractivity contribution in [2.75, 3.05) is 18.1 Å². The summed E-state index contributed by atoms with van der Waals surface area (Å²) in [5.74, 6) is -0.293. The van der Waals surface area contributed by atoms with Gasteiger partial charge in [0.15, 0.2) is 0 Å². The van der Waals surface area contributed by atoms with Crippen LogP contribution in [0, 0.1) is 0 Å². The van der Waals surface area contributed by atoms with E-state index >= 15 is 0 Å². The minimum absolute atomic E-state index is 0.293. The number of para-hydroxylation sites is 2. The molecule has 1 aliphatic heterocycles. The van der Waals surface area contributed by atoms with Crippen LogP contribution >= 0.6 is 11.3 Å². The first-order valence-corrected chi connectivity index (χ1v) is 11.8. The zero-order chi connectivity index (χ0) is 19.7. The standard InChI is InChI=1S/C20H21N3O3S2/c1-28(25,26)23-13-7-6-11-17(23)19(24)21-15-9-3-2-8-14(15)20-22-16-10-4-5-12-18(16)27-20/h2-5,8-10,12,17H,6-7,11,13H2,1H3,(H,21,24)/t17-/m0/s1. The molecule has 1 aromatic heterocycles. The van der Waals surface area contributed by atoms with E-state index in [1.807, 2.05) is 48.5 Å². The van der Waals surface area contributed by atoms with Crippen molar-refractivity contribution in [2.24, 2.45) is 0 Å². The molecule has 1 saturated heterocycles. The number of hydrogen-bond donors (Lipinski definition) is 1. The highest BCUT2D eigenvalue weighted by Gasteiger charge is 2.34. The van der Waals surface area contributed by atoms with Gasteiger partial charge in [-0.2, -0.15) is 4.31 Å². The summed E-state index contributed by atoms with van der Waals surface area (Å²) in [4.78, 5) is 17.6. The zero-order valence-corrected chi connectivity index (χ0v) is 17.1. The smallest absolute Gasteiger partial charge is 0.242 e. The molecule has 0 spiro atoms. The molecular weight excluding hydrogens is 394 g/mol. The molecule has 2 aromatic carbocycles. The van der Waals surface area contributed by atoms with Crippen molar-refractivity contribution in [1.82, 2.24) is 9.29 Å². The van der Waals surface area contributed by atoms with Crippen molar-refractivity contribution in [2.45, 2.75) is 25.3 Å². The average molecular weight is 416 g/mol. The fraction of sp³-hybridized carbons (Fsp3) is 0.300. The lowest BCUT2D eigenvalue weighted by Crippen LogP contribution is -2.49. The summed E-state index contributed by atoms with van der Waals surface area (Å²) in [5.41, 5.74) is 2.39. The first-order valence-electron chi connectivity index (χ1n) is 9.16. The fourth-order valence-electron chi connectivity index (χ4n) is 3.55. The van der Waals surface area contributed by atoms with Crippen LogP contribution in [0.1, 0.15) is 19.3 Å². The Morgan fingerprint density at radius 3 is 2.68 bits per heavy atom. The summed E-state index contributed by atoms with van der Waals surface area (Å²) in [6, 6.07) is 14.7. The molecule has 1 amide bonds. The summed E-state index contributed by atoms with van der Waals surface area (Å²) in [6.45, 7) is 0.385. The van der Waals surface area contributed by atoms with Crippen LogP contribution in [0.5, 0.6) is 0 Å². The number of nitrogens with one attached hydrogen (secondary N) is 1. The Morgan fingerprint density at radius 2 is 1.89 bits per heavy atom. The van der Waals surface area contributed by atoms with Gasteiger partial charge in [-0.15, -0.1) is 11.3 Å². The van der Waals surface area contributed by atoms with Crippen molar-refractivity contribution in [3.63, 3.8) is 0 Å². The zero-order valence-electron chi connectivity index (χ0n) is 15.5. The van der Waals surface area contributed by atoms with Gasteiger partial charge >= 0.3 is 0 Å². The predicted molar refractivity (Wildman–Crippen MR) is 113 cm³/mol. The van der Waals surface area contributed by atoms with E-state index in [-0.39, 0.29) is 5.91 Å². The number of hydrogen-bond acceptors (Lipinski definition) is 5. The quantitative estimate of drug-likeness (QED) is 0.704. The lowest BCUT2D eigenvalue weighted by molar-refractivity contribution is -0.120. The molecule has 0 saturated carbocycles. The minimum Gasteiger partial charge on any atom is -0.324 e. The number of piperidine rings is 1. The van der Waals surface area contributed by atoms with Gasteiger partial charge < -0.3 is 5.32 Å². The fourth-order valence-corrected chi connectivity index (χ4v) is 5.68. The van der Waals surface area contributed by atoms with E-state index < -0.39 is 16.1 Å². The largest absolute Gasteiger partial charge is 0.324 e. The second kappa shape index (κ2) is 7.62. The molecule has 1 fully saturated rings.